The molecule has 10 rings (SSSR count). The van der Waals surface area contributed by atoms with Crippen molar-refractivity contribution in [3.63, 3.8) is 0 Å². The van der Waals surface area contributed by atoms with Crippen molar-refractivity contribution in [3.8, 4) is 22.3 Å². The molecule has 0 radical (unpaired) electrons. The van der Waals surface area contributed by atoms with Crippen LogP contribution in [0, 0.1) is 13.8 Å². The molecular weight excluding hydrogens is 675 g/mol. The molecule has 3 heteroatoms. The zero-order valence-corrected chi connectivity index (χ0v) is 32.4. The number of rotatable bonds is 6. The van der Waals surface area contributed by atoms with Gasteiger partial charge in [0.15, 0.2) is 0 Å². The van der Waals surface area contributed by atoms with Crippen LogP contribution in [0.3, 0.4) is 0 Å². The molecule has 0 aliphatic carbocycles. The average Bonchev–Trinajstić information content (AvgIpc) is 3.25. The molecule has 0 spiro atoms. The summed E-state index contributed by atoms with van der Waals surface area (Å²) < 4.78 is 0. The van der Waals surface area contributed by atoms with Crippen LogP contribution in [-0.4, -0.2) is 6.71 Å². The normalized spacial score (nSPS) is 12.9. The zero-order chi connectivity index (χ0) is 38.0. The summed E-state index contributed by atoms with van der Waals surface area (Å²) in [5.41, 5.74) is 20.9. The quantitative estimate of drug-likeness (QED) is 0.158. The van der Waals surface area contributed by atoms with Crippen LogP contribution in [0.5, 0.6) is 0 Å². The second kappa shape index (κ2) is 13.3. The van der Waals surface area contributed by atoms with Gasteiger partial charge in [-0.05, 0) is 112 Å². The van der Waals surface area contributed by atoms with Crippen LogP contribution in [0.2, 0.25) is 0 Å². The first-order chi connectivity index (χ1) is 27.3. The number of anilines is 6. The van der Waals surface area contributed by atoms with Gasteiger partial charge < -0.3 is 9.80 Å². The molecule has 0 amide bonds. The third-order valence-corrected chi connectivity index (χ3v) is 12.1. The maximum Gasteiger partial charge on any atom is 0.252 e. The highest BCUT2D eigenvalue weighted by Crippen LogP contribution is 2.47. The molecule has 0 aromatic heterocycles. The molecule has 2 nitrogen and oxygen atoms in total. The minimum absolute atomic E-state index is 0.0315. The van der Waals surface area contributed by atoms with E-state index in [0.717, 1.165) is 5.69 Å². The fraction of sp³-hybridized carbons (Fsp3) is 0.0943. The Morgan fingerprint density at radius 3 is 1.41 bits per heavy atom. The van der Waals surface area contributed by atoms with Crippen LogP contribution in [0.25, 0.3) is 22.3 Å². The molecule has 268 valence electrons. The molecule has 8 aromatic carbocycles. The van der Waals surface area contributed by atoms with E-state index in [4.69, 9.17) is 0 Å². The Kier molecular flexibility index (Phi) is 8.08. The molecule has 0 bridgehead atoms. The van der Waals surface area contributed by atoms with Crippen LogP contribution < -0.4 is 26.2 Å². The van der Waals surface area contributed by atoms with Crippen LogP contribution >= 0.6 is 0 Å². The van der Waals surface area contributed by atoms with Gasteiger partial charge >= 0.3 is 0 Å². The minimum atomic E-state index is -0.269. The molecule has 0 unspecified atom stereocenters. The van der Waals surface area contributed by atoms with Crippen molar-refractivity contribution in [3.05, 3.63) is 210 Å². The number of fused-ring (bicyclic) bond motifs is 4. The molecule has 0 fully saturated rings. The lowest BCUT2D eigenvalue weighted by Gasteiger charge is -2.45. The predicted octanol–water partition coefficient (Wildman–Crippen LogP) is 12.0. The second-order valence-electron chi connectivity index (χ2n) is 16.0. The van der Waals surface area contributed by atoms with Gasteiger partial charge in [0, 0.05) is 39.5 Å². The summed E-state index contributed by atoms with van der Waals surface area (Å²) in [5, 5.41) is 0. The van der Waals surface area contributed by atoms with Crippen LogP contribution in [-0.2, 0) is 5.41 Å². The molecule has 56 heavy (non-hydrogen) atoms. The number of hydrogen-bond donors (Lipinski definition) is 0. The maximum atomic E-state index is 2.53. The van der Waals surface area contributed by atoms with E-state index in [9.17, 15) is 0 Å². The van der Waals surface area contributed by atoms with E-state index in [1.165, 1.54) is 89.3 Å². The van der Waals surface area contributed by atoms with Crippen LogP contribution in [0.15, 0.2) is 188 Å². The second-order valence-corrected chi connectivity index (χ2v) is 16.0. The van der Waals surface area contributed by atoms with E-state index in [-0.39, 0.29) is 12.1 Å². The van der Waals surface area contributed by atoms with E-state index in [1.54, 1.807) is 0 Å². The van der Waals surface area contributed by atoms with Crippen LogP contribution in [0.1, 0.15) is 36.1 Å². The Morgan fingerprint density at radius 1 is 0.375 bits per heavy atom. The molecule has 2 aliphatic heterocycles. The van der Waals surface area contributed by atoms with Crippen molar-refractivity contribution < 1.29 is 0 Å². The summed E-state index contributed by atoms with van der Waals surface area (Å²) in [6, 6.07) is 69.8. The molecule has 2 heterocycles. The van der Waals surface area contributed by atoms with Crippen molar-refractivity contribution in [2.24, 2.45) is 0 Å². The van der Waals surface area contributed by atoms with E-state index in [0.29, 0.717) is 0 Å². The maximum absolute atomic E-state index is 2.53. The molecule has 8 aromatic rings. The van der Waals surface area contributed by atoms with E-state index >= 15 is 0 Å². The largest absolute Gasteiger partial charge is 0.311 e. The molecule has 2 aliphatic rings. The summed E-state index contributed by atoms with van der Waals surface area (Å²) in [7, 11) is 0. The highest BCUT2D eigenvalue weighted by Gasteiger charge is 2.44. The van der Waals surface area contributed by atoms with Gasteiger partial charge in [0.25, 0.3) is 6.71 Å². The van der Waals surface area contributed by atoms with Crippen molar-refractivity contribution in [1.29, 1.82) is 0 Å². The van der Waals surface area contributed by atoms with Gasteiger partial charge in [-0.25, -0.2) is 0 Å². The number of benzene rings is 8. The predicted molar refractivity (Wildman–Crippen MR) is 239 cm³/mol. The average molecular weight is 719 g/mol. The molecule has 0 atom stereocenters. The van der Waals surface area contributed by atoms with Crippen molar-refractivity contribution in [2.75, 3.05) is 9.80 Å². The molecule has 0 saturated carbocycles. The Hall–Kier alpha value is -6.58. The first-order valence-electron chi connectivity index (χ1n) is 19.7. The van der Waals surface area contributed by atoms with Gasteiger partial charge in [-0.3, -0.25) is 0 Å². The Balaban J connectivity index is 1.29. The van der Waals surface area contributed by atoms with Crippen molar-refractivity contribution >= 4 is 57.2 Å². The number of aryl methyl sites for hydroxylation is 2. The van der Waals surface area contributed by atoms with Gasteiger partial charge in [0.1, 0.15) is 0 Å². The lowest BCUT2D eigenvalue weighted by Crippen LogP contribution is -2.61. The minimum Gasteiger partial charge on any atom is -0.311 e. The van der Waals surface area contributed by atoms with Gasteiger partial charge in [0.05, 0.1) is 0 Å². The highest BCUT2D eigenvalue weighted by molar-refractivity contribution is 7.00. The van der Waals surface area contributed by atoms with E-state index < -0.39 is 0 Å². The Morgan fingerprint density at radius 2 is 0.821 bits per heavy atom. The topological polar surface area (TPSA) is 6.48 Å². The summed E-state index contributed by atoms with van der Waals surface area (Å²) in [4.78, 5) is 5.06. The third kappa shape index (κ3) is 5.57. The Labute approximate surface area is 331 Å². The molecule has 0 N–H and O–H groups in total. The number of hydrogen-bond acceptors (Lipinski definition) is 2. The zero-order valence-electron chi connectivity index (χ0n) is 32.4. The summed E-state index contributed by atoms with van der Waals surface area (Å²) in [6.07, 6.45) is 0. The monoisotopic (exact) mass is 718 g/mol. The standard InChI is InChI=1S/C53H43BN2/c1-36-20-26-44(27-21-36)55-48-30-22-37(2)32-46(48)54-47-33-41(39-16-10-6-11-17-39)25-31-49(47)56(45-28-23-40(24-29-45)38-14-8-5-9-15-38)51-35-43(34-50(55)52(51)54)53(3,4)42-18-12-7-13-19-42/h5-35H,1-4H3. The number of nitrogens with zero attached hydrogens (tertiary/aromatic N) is 2. The van der Waals surface area contributed by atoms with Crippen LogP contribution in [0.4, 0.5) is 34.1 Å². The SMILES string of the molecule is Cc1ccc(N2c3ccc(C)cc3B3c4cc(-c5ccccc5)ccc4N(c4ccc(-c5ccccc5)cc4)c4cc(C(C)(C)c5ccccc5)cc2c43)cc1. The van der Waals surface area contributed by atoms with E-state index in [1.807, 2.05) is 0 Å². The fourth-order valence-electron chi connectivity index (χ4n) is 9.00. The lowest BCUT2D eigenvalue weighted by atomic mass is 9.33. The molecule has 0 saturated heterocycles. The third-order valence-electron chi connectivity index (χ3n) is 12.1. The summed E-state index contributed by atoms with van der Waals surface area (Å²) in [5.74, 6) is 0. The van der Waals surface area contributed by atoms with Gasteiger partial charge in [-0.15, -0.1) is 0 Å². The van der Waals surface area contributed by atoms with Gasteiger partial charge in [0.2, 0.25) is 0 Å². The van der Waals surface area contributed by atoms with Gasteiger partial charge in [-0.1, -0.05) is 165 Å². The van der Waals surface area contributed by atoms with Crippen molar-refractivity contribution in [1.82, 2.24) is 0 Å². The Bertz CT molecular complexity index is 2720. The van der Waals surface area contributed by atoms with Crippen molar-refractivity contribution in [2.45, 2.75) is 33.1 Å². The lowest BCUT2D eigenvalue weighted by molar-refractivity contribution is 0.641. The summed E-state index contributed by atoms with van der Waals surface area (Å²) >= 11 is 0. The highest BCUT2D eigenvalue weighted by atomic mass is 15.2. The first-order valence-corrected chi connectivity index (χ1v) is 19.7. The van der Waals surface area contributed by atoms with E-state index in [2.05, 4.69) is 226 Å². The molecular formula is C53H43BN2. The smallest absolute Gasteiger partial charge is 0.252 e. The fourth-order valence-corrected chi connectivity index (χ4v) is 9.00. The van der Waals surface area contributed by atoms with Gasteiger partial charge in [-0.2, -0.15) is 0 Å². The first kappa shape index (κ1) is 34.0. The summed E-state index contributed by atoms with van der Waals surface area (Å²) in [6.45, 7) is 9.16.